The van der Waals surface area contributed by atoms with E-state index in [4.69, 9.17) is 20.8 Å². The minimum Gasteiger partial charge on any atom is -0.484 e. The molecule has 0 spiro atoms. The van der Waals surface area contributed by atoms with Crippen molar-refractivity contribution in [2.24, 2.45) is 5.10 Å². The van der Waals surface area contributed by atoms with Crippen LogP contribution in [0.2, 0.25) is 5.02 Å². The van der Waals surface area contributed by atoms with Crippen molar-refractivity contribution in [2.45, 2.75) is 6.92 Å². The minimum absolute atomic E-state index is 0.116. The lowest BCUT2D eigenvalue weighted by atomic mass is 10.2. The number of hydrazone groups is 1. The van der Waals surface area contributed by atoms with E-state index in [1.165, 1.54) is 6.21 Å². The first-order valence-electron chi connectivity index (χ1n) is 7.97. The van der Waals surface area contributed by atoms with Gasteiger partial charge in [0.1, 0.15) is 17.3 Å². The number of halogens is 1. The third kappa shape index (κ3) is 4.97. The summed E-state index contributed by atoms with van der Waals surface area (Å²) in [4.78, 5) is 11.8. The number of benzene rings is 2. The van der Waals surface area contributed by atoms with Crippen molar-refractivity contribution >= 4 is 23.7 Å². The molecule has 0 saturated carbocycles. The number of carbonyl (C=O) groups is 1. The van der Waals surface area contributed by atoms with Gasteiger partial charge >= 0.3 is 0 Å². The van der Waals surface area contributed by atoms with Crippen molar-refractivity contribution in [1.29, 1.82) is 0 Å². The maximum atomic E-state index is 11.8. The van der Waals surface area contributed by atoms with Gasteiger partial charge < -0.3 is 9.15 Å². The third-order valence-corrected chi connectivity index (χ3v) is 3.75. The van der Waals surface area contributed by atoms with E-state index in [0.717, 1.165) is 11.1 Å². The Hall–Kier alpha value is -3.05. The first-order chi connectivity index (χ1) is 12.6. The van der Waals surface area contributed by atoms with Gasteiger partial charge in [0.25, 0.3) is 5.91 Å². The van der Waals surface area contributed by atoms with Crippen molar-refractivity contribution in [3.05, 3.63) is 77.0 Å². The number of amides is 1. The minimum atomic E-state index is -0.354. The summed E-state index contributed by atoms with van der Waals surface area (Å²) in [6, 6.07) is 18.4. The fourth-order valence-corrected chi connectivity index (χ4v) is 2.37. The molecule has 3 rings (SSSR count). The predicted molar refractivity (Wildman–Crippen MR) is 102 cm³/mol. The zero-order valence-electron chi connectivity index (χ0n) is 14.1. The van der Waals surface area contributed by atoms with Gasteiger partial charge in [-0.3, -0.25) is 4.79 Å². The molecule has 1 amide bonds. The van der Waals surface area contributed by atoms with E-state index >= 15 is 0 Å². The number of hydrogen-bond acceptors (Lipinski definition) is 4. The second kappa shape index (κ2) is 8.36. The lowest BCUT2D eigenvalue weighted by Crippen LogP contribution is -2.24. The number of ether oxygens (including phenoxy) is 1. The molecule has 0 aliphatic carbocycles. The van der Waals surface area contributed by atoms with Crippen LogP contribution in [-0.2, 0) is 4.79 Å². The smallest absolute Gasteiger partial charge is 0.277 e. The molecular weight excluding hydrogens is 352 g/mol. The molecule has 0 radical (unpaired) electrons. The van der Waals surface area contributed by atoms with Crippen molar-refractivity contribution in [3.8, 4) is 17.1 Å². The van der Waals surface area contributed by atoms with Crippen LogP contribution in [0.15, 0.2) is 70.2 Å². The Bertz CT molecular complexity index is 917. The standard InChI is InChI=1S/C20H17ClN2O3/c1-14-3-2-4-17(11-14)25-13-20(24)23-22-12-18-9-10-19(26-18)15-5-7-16(21)8-6-15/h2-12H,13H2,1H3,(H,23,24). The summed E-state index contributed by atoms with van der Waals surface area (Å²) in [7, 11) is 0. The van der Waals surface area contributed by atoms with Crippen LogP contribution in [-0.4, -0.2) is 18.7 Å². The topological polar surface area (TPSA) is 63.8 Å². The van der Waals surface area contributed by atoms with E-state index in [9.17, 15) is 4.79 Å². The Morgan fingerprint density at radius 1 is 1.19 bits per heavy atom. The zero-order chi connectivity index (χ0) is 18.4. The van der Waals surface area contributed by atoms with Crippen LogP contribution in [0.4, 0.5) is 0 Å². The lowest BCUT2D eigenvalue weighted by molar-refractivity contribution is -0.123. The van der Waals surface area contributed by atoms with Crippen molar-refractivity contribution < 1.29 is 13.9 Å². The molecule has 5 nitrogen and oxygen atoms in total. The van der Waals surface area contributed by atoms with Gasteiger partial charge in [0, 0.05) is 10.6 Å². The SMILES string of the molecule is Cc1cccc(OCC(=O)NN=Cc2ccc(-c3ccc(Cl)cc3)o2)c1. The van der Waals surface area contributed by atoms with Gasteiger partial charge in [0.15, 0.2) is 6.61 Å². The van der Waals surface area contributed by atoms with E-state index in [-0.39, 0.29) is 12.5 Å². The summed E-state index contributed by atoms with van der Waals surface area (Å²) in [5, 5.41) is 4.54. The summed E-state index contributed by atoms with van der Waals surface area (Å²) in [6.07, 6.45) is 1.43. The number of carbonyl (C=O) groups excluding carboxylic acids is 1. The van der Waals surface area contributed by atoms with Crippen molar-refractivity contribution in [1.82, 2.24) is 5.43 Å². The van der Waals surface area contributed by atoms with Gasteiger partial charge in [-0.15, -0.1) is 0 Å². The molecule has 2 aromatic carbocycles. The van der Waals surface area contributed by atoms with Gasteiger partial charge in [0.05, 0.1) is 6.21 Å². The molecule has 3 aromatic rings. The van der Waals surface area contributed by atoms with Crippen LogP contribution in [0.5, 0.6) is 5.75 Å². The summed E-state index contributed by atoms with van der Waals surface area (Å²) in [5.74, 6) is 1.50. The highest BCUT2D eigenvalue weighted by Gasteiger charge is 2.04. The summed E-state index contributed by atoms with van der Waals surface area (Å²) in [6.45, 7) is 1.84. The van der Waals surface area contributed by atoms with Gasteiger partial charge in [-0.2, -0.15) is 5.10 Å². The van der Waals surface area contributed by atoms with Gasteiger partial charge in [-0.05, 0) is 61.0 Å². The molecule has 0 unspecified atom stereocenters. The monoisotopic (exact) mass is 368 g/mol. The Balaban J connectivity index is 1.50. The number of hydrogen-bond donors (Lipinski definition) is 1. The van der Waals surface area contributed by atoms with E-state index in [0.29, 0.717) is 22.3 Å². The maximum absolute atomic E-state index is 11.8. The van der Waals surface area contributed by atoms with E-state index in [1.807, 2.05) is 43.3 Å². The van der Waals surface area contributed by atoms with Crippen LogP contribution in [0.1, 0.15) is 11.3 Å². The van der Waals surface area contributed by atoms with Crippen molar-refractivity contribution in [3.63, 3.8) is 0 Å². The summed E-state index contributed by atoms with van der Waals surface area (Å²) in [5.41, 5.74) is 4.37. The largest absolute Gasteiger partial charge is 0.484 e. The highest BCUT2D eigenvalue weighted by atomic mass is 35.5. The van der Waals surface area contributed by atoms with E-state index in [1.54, 1.807) is 24.3 Å². The Morgan fingerprint density at radius 3 is 2.77 bits per heavy atom. The van der Waals surface area contributed by atoms with E-state index in [2.05, 4.69) is 10.5 Å². The number of aryl methyl sites for hydroxylation is 1. The molecule has 1 N–H and O–H groups in total. The quantitative estimate of drug-likeness (QED) is 0.517. The molecule has 0 atom stereocenters. The molecule has 0 bridgehead atoms. The predicted octanol–water partition coefficient (Wildman–Crippen LogP) is 4.44. The first kappa shape index (κ1) is 17.8. The second-order valence-corrected chi connectivity index (χ2v) is 6.04. The Kier molecular flexibility index (Phi) is 5.71. The molecule has 0 aliphatic rings. The molecule has 132 valence electrons. The molecule has 1 aromatic heterocycles. The fourth-order valence-electron chi connectivity index (χ4n) is 2.25. The molecule has 0 aliphatic heterocycles. The molecular formula is C20H17ClN2O3. The molecule has 1 heterocycles. The average Bonchev–Trinajstić information content (AvgIpc) is 3.09. The van der Waals surface area contributed by atoms with Gasteiger partial charge in [-0.25, -0.2) is 5.43 Å². The van der Waals surface area contributed by atoms with Gasteiger partial charge in [0.2, 0.25) is 0 Å². The molecule has 0 saturated heterocycles. The Labute approximate surface area is 156 Å². The third-order valence-electron chi connectivity index (χ3n) is 3.50. The average molecular weight is 369 g/mol. The van der Waals surface area contributed by atoms with Crippen LogP contribution in [0.25, 0.3) is 11.3 Å². The first-order valence-corrected chi connectivity index (χ1v) is 8.35. The molecule has 6 heteroatoms. The molecule has 26 heavy (non-hydrogen) atoms. The highest BCUT2D eigenvalue weighted by molar-refractivity contribution is 6.30. The Morgan fingerprint density at radius 2 is 2.00 bits per heavy atom. The fraction of sp³-hybridized carbons (Fsp3) is 0.100. The van der Waals surface area contributed by atoms with Gasteiger partial charge in [-0.1, -0.05) is 23.7 Å². The number of rotatable bonds is 6. The van der Waals surface area contributed by atoms with Crippen LogP contribution in [0.3, 0.4) is 0 Å². The van der Waals surface area contributed by atoms with E-state index < -0.39 is 0 Å². The van der Waals surface area contributed by atoms with Crippen molar-refractivity contribution in [2.75, 3.05) is 6.61 Å². The number of nitrogens with one attached hydrogen (secondary N) is 1. The van der Waals surface area contributed by atoms with Crippen LogP contribution < -0.4 is 10.2 Å². The lowest BCUT2D eigenvalue weighted by Gasteiger charge is -2.05. The molecule has 0 fully saturated rings. The van der Waals surface area contributed by atoms with Crippen LogP contribution in [0, 0.1) is 6.92 Å². The second-order valence-electron chi connectivity index (χ2n) is 5.61. The zero-order valence-corrected chi connectivity index (χ0v) is 14.9. The number of furan rings is 1. The normalized spacial score (nSPS) is 10.8. The summed E-state index contributed by atoms with van der Waals surface area (Å²) >= 11 is 5.87. The summed E-state index contributed by atoms with van der Waals surface area (Å²) < 4.78 is 11.1. The number of nitrogens with zero attached hydrogens (tertiary/aromatic N) is 1. The van der Waals surface area contributed by atoms with Crippen LogP contribution >= 0.6 is 11.6 Å². The highest BCUT2D eigenvalue weighted by Crippen LogP contribution is 2.23. The maximum Gasteiger partial charge on any atom is 0.277 e.